The second-order valence-corrected chi connectivity index (χ2v) is 6.65. The molecule has 0 saturated carbocycles. The number of nitrogens with zero attached hydrogens (tertiary/aromatic N) is 3. The monoisotopic (exact) mass is 368 g/mol. The van der Waals surface area contributed by atoms with E-state index >= 15 is 0 Å². The Balaban J connectivity index is 1.65. The molecule has 0 aliphatic carbocycles. The summed E-state index contributed by atoms with van der Waals surface area (Å²) < 4.78 is 5.73. The third-order valence-corrected chi connectivity index (χ3v) is 4.31. The van der Waals surface area contributed by atoms with Gasteiger partial charge in [0.15, 0.2) is 0 Å². The molecule has 2 amide bonds. The minimum atomic E-state index is -0.285. The summed E-state index contributed by atoms with van der Waals surface area (Å²) in [6.45, 7) is 6.77. The molecule has 0 bridgehead atoms. The van der Waals surface area contributed by atoms with Crippen molar-refractivity contribution in [2.24, 2.45) is 0 Å². The number of para-hydroxylation sites is 2. The number of pyridine rings is 1. The van der Waals surface area contributed by atoms with Crippen molar-refractivity contribution in [3.63, 3.8) is 0 Å². The van der Waals surface area contributed by atoms with Crippen molar-refractivity contribution in [2.75, 3.05) is 36.4 Å². The predicted molar refractivity (Wildman–Crippen MR) is 104 cm³/mol. The zero-order chi connectivity index (χ0) is 19.2. The molecule has 3 rings (SSSR count). The molecule has 0 atom stereocenters. The average molecular weight is 368 g/mol. The molecule has 7 nitrogen and oxygen atoms in total. The van der Waals surface area contributed by atoms with Gasteiger partial charge in [0.2, 0.25) is 6.41 Å². The number of hydrogen-bond acceptors (Lipinski definition) is 5. The number of aromatic nitrogens is 1. The third kappa shape index (κ3) is 4.75. The van der Waals surface area contributed by atoms with E-state index < -0.39 is 0 Å². The molecule has 0 unspecified atom stereocenters. The van der Waals surface area contributed by atoms with Crippen LogP contribution in [-0.4, -0.2) is 54.5 Å². The molecule has 1 aliphatic rings. The molecule has 1 saturated heterocycles. The van der Waals surface area contributed by atoms with E-state index in [9.17, 15) is 9.59 Å². The van der Waals surface area contributed by atoms with Gasteiger partial charge in [0, 0.05) is 26.2 Å². The predicted octanol–water partition coefficient (Wildman–Crippen LogP) is 2.40. The van der Waals surface area contributed by atoms with Crippen LogP contribution in [0.5, 0.6) is 5.75 Å². The van der Waals surface area contributed by atoms with Gasteiger partial charge in [-0.3, -0.25) is 9.59 Å². The van der Waals surface area contributed by atoms with Crippen LogP contribution in [0.2, 0.25) is 0 Å². The van der Waals surface area contributed by atoms with E-state index in [0.717, 1.165) is 25.2 Å². The van der Waals surface area contributed by atoms with E-state index in [0.29, 0.717) is 30.2 Å². The standard InChI is InChI=1S/C20H24N4O3/c1-15(2)27-19-6-4-3-5-17(19)22-20(26)18-8-7-16(13-21-18)24-11-9-23(14-25)10-12-24/h3-8,13-15H,9-12H2,1-2H3,(H,22,26). The molecule has 0 spiro atoms. The first-order chi connectivity index (χ1) is 13.1. The lowest BCUT2D eigenvalue weighted by Gasteiger charge is -2.33. The maximum Gasteiger partial charge on any atom is 0.274 e. The molecule has 1 fully saturated rings. The Morgan fingerprint density at radius 1 is 1.15 bits per heavy atom. The lowest BCUT2D eigenvalue weighted by atomic mass is 10.2. The number of benzene rings is 1. The molecule has 142 valence electrons. The SMILES string of the molecule is CC(C)Oc1ccccc1NC(=O)c1ccc(N2CCN(C=O)CC2)cn1. The first kappa shape index (κ1) is 18.7. The van der Waals surface area contributed by atoms with Crippen LogP contribution in [0, 0.1) is 0 Å². The van der Waals surface area contributed by atoms with Gasteiger partial charge >= 0.3 is 0 Å². The van der Waals surface area contributed by atoms with Crippen LogP contribution in [0.1, 0.15) is 24.3 Å². The number of carbonyl (C=O) groups excluding carboxylic acids is 2. The van der Waals surface area contributed by atoms with Crippen molar-refractivity contribution >= 4 is 23.7 Å². The summed E-state index contributed by atoms with van der Waals surface area (Å²) in [5, 5.41) is 2.86. The van der Waals surface area contributed by atoms with Gasteiger partial charge in [0.1, 0.15) is 11.4 Å². The number of rotatable bonds is 6. The van der Waals surface area contributed by atoms with E-state index in [2.05, 4.69) is 15.2 Å². The van der Waals surface area contributed by atoms with Crippen LogP contribution in [0.3, 0.4) is 0 Å². The molecule has 27 heavy (non-hydrogen) atoms. The number of amides is 2. The zero-order valence-electron chi connectivity index (χ0n) is 15.6. The molecule has 1 aromatic heterocycles. The highest BCUT2D eigenvalue weighted by Gasteiger charge is 2.17. The molecule has 2 aromatic rings. The topological polar surface area (TPSA) is 74.8 Å². The van der Waals surface area contributed by atoms with Crippen LogP contribution in [0.15, 0.2) is 42.6 Å². The first-order valence-electron chi connectivity index (χ1n) is 9.04. The molecule has 7 heteroatoms. The minimum absolute atomic E-state index is 0.0140. The minimum Gasteiger partial charge on any atom is -0.489 e. The fourth-order valence-corrected chi connectivity index (χ4v) is 2.91. The zero-order valence-corrected chi connectivity index (χ0v) is 15.6. The highest BCUT2D eigenvalue weighted by molar-refractivity contribution is 6.03. The van der Waals surface area contributed by atoms with Crippen molar-refractivity contribution in [3.05, 3.63) is 48.3 Å². The molecule has 1 N–H and O–H groups in total. The van der Waals surface area contributed by atoms with Gasteiger partial charge in [0.25, 0.3) is 5.91 Å². The van der Waals surface area contributed by atoms with E-state index in [1.165, 1.54) is 0 Å². The number of anilines is 2. The smallest absolute Gasteiger partial charge is 0.274 e. The summed E-state index contributed by atoms with van der Waals surface area (Å²) in [4.78, 5) is 31.5. The third-order valence-electron chi connectivity index (χ3n) is 4.31. The lowest BCUT2D eigenvalue weighted by molar-refractivity contribution is -0.118. The fraction of sp³-hybridized carbons (Fsp3) is 0.350. The molecule has 1 aromatic carbocycles. The van der Waals surface area contributed by atoms with Gasteiger partial charge in [-0.15, -0.1) is 0 Å². The second kappa shape index (κ2) is 8.53. The van der Waals surface area contributed by atoms with Gasteiger partial charge < -0.3 is 19.9 Å². The average Bonchev–Trinajstić information content (AvgIpc) is 2.69. The van der Waals surface area contributed by atoms with Gasteiger partial charge in [-0.2, -0.15) is 0 Å². The van der Waals surface area contributed by atoms with Gasteiger partial charge in [-0.05, 0) is 38.1 Å². The quantitative estimate of drug-likeness (QED) is 0.793. The van der Waals surface area contributed by atoms with E-state index in [1.54, 1.807) is 23.2 Å². The fourth-order valence-electron chi connectivity index (χ4n) is 2.91. The van der Waals surface area contributed by atoms with E-state index in [4.69, 9.17) is 4.74 Å². The molecule has 2 heterocycles. The number of nitrogens with one attached hydrogen (secondary N) is 1. The van der Waals surface area contributed by atoms with Crippen molar-refractivity contribution in [1.29, 1.82) is 0 Å². The Kier molecular flexibility index (Phi) is 5.90. The number of piperazine rings is 1. The Hall–Kier alpha value is -3.09. The van der Waals surface area contributed by atoms with Crippen LogP contribution in [0.4, 0.5) is 11.4 Å². The van der Waals surface area contributed by atoms with Crippen molar-refractivity contribution < 1.29 is 14.3 Å². The lowest BCUT2D eigenvalue weighted by Crippen LogP contribution is -2.45. The largest absolute Gasteiger partial charge is 0.489 e. The van der Waals surface area contributed by atoms with Gasteiger partial charge in [-0.1, -0.05) is 12.1 Å². The summed E-state index contributed by atoms with van der Waals surface area (Å²) >= 11 is 0. The van der Waals surface area contributed by atoms with Crippen LogP contribution < -0.4 is 15.0 Å². The van der Waals surface area contributed by atoms with Crippen LogP contribution >= 0.6 is 0 Å². The van der Waals surface area contributed by atoms with Crippen LogP contribution in [0.25, 0.3) is 0 Å². The number of carbonyl (C=O) groups is 2. The maximum atomic E-state index is 12.5. The van der Waals surface area contributed by atoms with E-state index in [1.807, 2.05) is 38.1 Å². The molecule has 0 radical (unpaired) electrons. The first-order valence-corrected chi connectivity index (χ1v) is 9.04. The Morgan fingerprint density at radius 3 is 2.52 bits per heavy atom. The number of ether oxygens (including phenoxy) is 1. The molecular weight excluding hydrogens is 344 g/mol. The van der Waals surface area contributed by atoms with E-state index in [-0.39, 0.29) is 12.0 Å². The summed E-state index contributed by atoms with van der Waals surface area (Å²) in [5.74, 6) is 0.345. The molecular formula is C20H24N4O3. The Labute approximate surface area is 158 Å². The summed E-state index contributed by atoms with van der Waals surface area (Å²) in [6.07, 6.45) is 2.59. The Bertz CT molecular complexity index is 784. The summed E-state index contributed by atoms with van der Waals surface area (Å²) in [6, 6.07) is 10.9. The highest BCUT2D eigenvalue weighted by atomic mass is 16.5. The Morgan fingerprint density at radius 2 is 1.89 bits per heavy atom. The van der Waals surface area contributed by atoms with Gasteiger partial charge in [-0.25, -0.2) is 4.98 Å². The van der Waals surface area contributed by atoms with Crippen molar-refractivity contribution in [1.82, 2.24) is 9.88 Å². The normalized spacial score (nSPS) is 14.2. The van der Waals surface area contributed by atoms with Gasteiger partial charge in [0.05, 0.1) is 23.7 Å². The highest BCUT2D eigenvalue weighted by Crippen LogP contribution is 2.25. The number of hydrogen-bond donors (Lipinski definition) is 1. The molecule has 1 aliphatic heterocycles. The van der Waals surface area contributed by atoms with Crippen molar-refractivity contribution in [2.45, 2.75) is 20.0 Å². The van der Waals surface area contributed by atoms with Crippen molar-refractivity contribution in [3.8, 4) is 5.75 Å². The summed E-state index contributed by atoms with van der Waals surface area (Å²) in [5.41, 5.74) is 1.90. The second-order valence-electron chi connectivity index (χ2n) is 6.65. The van der Waals surface area contributed by atoms with Crippen LogP contribution in [-0.2, 0) is 4.79 Å². The summed E-state index contributed by atoms with van der Waals surface area (Å²) in [7, 11) is 0. The maximum absolute atomic E-state index is 12.5.